The van der Waals surface area contributed by atoms with Gasteiger partial charge in [-0.05, 0) is 19.8 Å². The van der Waals surface area contributed by atoms with Gasteiger partial charge in [0, 0.05) is 12.3 Å². The van der Waals surface area contributed by atoms with Crippen molar-refractivity contribution < 1.29 is 13.2 Å². The Labute approximate surface area is 103 Å². The van der Waals surface area contributed by atoms with Gasteiger partial charge in [0.25, 0.3) is 0 Å². The van der Waals surface area contributed by atoms with Crippen LogP contribution >= 0.6 is 0 Å². The van der Waals surface area contributed by atoms with Crippen LogP contribution in [0.4, 0.5) is 0 Å². The van der Waals surface area contributed by atoms with Crippen molar-refractivity contribution in [3.63, 3.8) is 0 Å². The standard InChI is InChI=1S/C11H22N2O3S/c1-5-9-11(14)13(10(6-2)12-9)8(3)7-17(4,15)16/h8-10,12H,5-7H2,1-4H3. The Morgan fingerprint density at radius 1 is 1.35 bits per heavy atom. The van der Waals surface area contributed by atoms with E-state index in [1.165, 1.54) is 6.26 Å². The Morgan fingerprint density at radius 3 is 2.35 bits per heavy atom. The first kappa shape index (κ1) is 14.4. The van der Waals surface area contributed by atoms with Crippen LogP contribution in [0, 0.1) is 0 Å². The van der Waals surface area contributed by atoms with Gasteiger partial charge in [0.1, 0.15) is 9.84 Å². The van der Waals surface area contributed by atoms with Crippen molar-refractivity contribution in [2.45, 2.75) is 51.9 Å². The van der Waals surface area contributed by atoms with Crippen molar-refractivity contribution in [2.75, 3.05) is 12.0 Å². The molecule has 5 nitrogen and oxygen atoms in total. The molecule has 0 aromatic rings. The van der Waals surface area contributed by atoms with Crippen molar-refractivity contribution in [1.29, 1.82) is 0 Å². The summed E-state index contributed by atoms with van der Waals surface area (Å²) in [5.74, 6) is 0.0448. The molecule has 1 aliphatic rings. The highest BCUT2D eigenvalue weighted by Gasteiger charge is 2.39. The predicted octanol–water partition coefficient (Wildman–Crippen LogP) is 0.366. The van der Waals surface area contributed by atoms with E-state index >= 15 is 0 Å². The van der Waals surface area contributed by atoms with E-state index in [1.54, 1.807) is 11.8 Å². The largest absolute Gasteiger partial charge is 0.322 e. The fraction of sp³-hybridized carbons (Fsp3) is 0.909. The molecule has 0 aromatic heterocycles. The zero-order chi connectivity index (χ0) is 13.2. The fourth-order valence-corrected chi connectivity index (χ4v) is 3.40. The Bertz CT molecular complexity index is 380. The number of nitrogens with zero attached hydrogens (tertiary/aromatic N) is 1. The summed E-state index contributed by atoms with van der Waals surface area (Å²) in [7, 11) is -3.06. The maximum Gasteiger partial charge on any atom is 0.241 e. The van der Waals surface area contributed by atoms with E-state index in [4.69, 9.17) is 0 Å². The quantitative estimate of drug-likeness (QED) is 0.777. The van der Waals surface area contributed by atoms with Crippen molar-refractivity contribution in [2.24, 2.45) is 0 Å². The number of hydrogen-bond acceptors (Lipinski definition) is 4. The molecule has 1 aliphatic heterocycles. The molecular weight excluding hydrogens is 240 g/mol. The van der Waals surface area contributed by atoms with Gasteiger partial charge in [-0.15, -0.1) is 0 Å². The second kappa shape index (κ2) is 5.35. The fourth-order valence-electron chi connectivity index (χ4n) is 2.37. The molecule has 3 unspecified atom stereocenters. The molecule has 1 fully saturated rings. The molecule has 0 aliphatic carbocycles. The minimum absolute atomic E-state index is 0.0212. The summed E-state index contributed by atoms with van der Waals surface area (Å²) in [6.45, 7) is 5.73. The zero-order valence-electron chi connectivity index (χ0n) is 10.9. The van der Waals surface area contributed by atoms with Crippen LogP contribution in [0.15, 0.2) is 0 Å². The van der Waals surface area contributed by atoms with Gasteiger partial charge < -0.3 is 4.90 Å². The number of amides is 1. The highest BCUT2D eigenvalue weighted by Crippen LogP contribution is 2.19. The van der Waals surface area contributed by atoms with E-state index in [-0.39, 0.29) is 29.9 Å². The summed E-state index contributed by atoms with van der Waals surface area (Å²) in [6, 6.07) is -0.437. The van der Waals surface area contributed by atoms with Crippen LogP contribution in [-0.4, -0.2) is 49.5 Å². The van der Waals surface area contributed by atoms with Crippen molar-refractivity contribution in [3.05, 3.63) is 0 Å². The van der Waals surface area contributed by atoms with E-state index in [0.29, 0.717) is 0 Å². The predicted molar refractivity (Wildman–Crippen MR) is 67.3 cm³/mol. The number of hydrogen-bond donors (Lipinski definition) is 1. The van der Waals surface area contributed by atoms with E-state index in [2.05, 4.69) is 5.32 Å². The Hall–Kier alpha value is -0.620. The average molecular weight is 262 g/mol. The SMILES string of the molecule is CCC1NC(CC)N(C(C)CS(C)(=O)=O)C1=O. The topological polar surface area (TPSA) is 66.5 Å². The van der Waals surface area contributed by atoms with Gasteiger partial charge in [-0.1, -0.05) is 13.8 Å². The van der Waals surface area contributed by atoms with Gasteiger partial charge in [0.05, 0.1) is 18.0 Å². The van der Waals surface area contributed by atoms with Gasteiger partial charge >= 0.3 is 0 Å². The second-order valence-electron chi connectivity index (χ2n) is 4.74. The molecular formula is C11H22N2O3S. The summed E-state index contributed by atoms with van der Waals surface area (Å²) < 4.78 is 22.6. The normalized spacial score (nSPS) is 27.5. The summed E-state index contributed by atoms with van der Waals surface area (Å²) in [4.78, 5) is 13.8. The molecule has 6 heteroatoms. The lowest BCUT2D eigenvalue weighted by Crippen LogP contribution is -2.45. The van der Waals surface area contributed by atoms with Crippen molar-refractivity contribution in [1.82, 2.24) is 10.2 Å². The molecule has 1 amide bonds. The van der Waals surface area contributed by atoms with Crippen LogP contribution in [0.2, 0.25) is 0 Å². The van der Waals surface area contributed by atoms with Crippen LogP contribution in [0.3, 0.4) is 0 Å². The van der Waals surface area contributed by atoms with Crippen LogP contribution in [0.1, 0.15) is 33.6 Å². The Morgan fingerprint density at radius 2 is 1.94 bits per heavy atom. The third-order valence-electron chi connectivity index (χ3n) is 3.10. The van der Waals surface area contributed by atoms with Gasteiger partial charge in [-0.3, -0.25) is 10.1 Å². The molecule has 17 heavy (non-hydrogen) atoms. The molecule has 1 saturated heterocycles. The molecule has 0 aromatic carbocycles. The molecule has 0 spiro atoms. The van der Waals surface area contributed by atoms with Gasteiger partial charge in [0.15, 0.2) is 0 Å². The number of carbonyl (C=O) groups excluding carboxylic acids is 1. The average Bonchev–Trinajstić information content (AvgIpc) is 2.52. The highest BCUT2D eigenvalue weighted by molar-refractivity contribution is 7.90. The first-order valence-corrected chi connectivity index (χ1v) is 8.12. The van der Waals surface area contributed by atoms with Crippen LogP contribution < -0.4 is 5.32 Å². The van der Waals surface area contributed by atoms with Gasteiger partial charge in [0.2, 0.25) is 5.91 Å². The third kappa shape index (κ3) is 3.42. The second-order valence-corrected chi connectivity index (χ2v) is 6.92. The lowest BCUT2D eigenvalue weighted by molar-refractivity contribution is -0.131. The third-order valence-corrected chi connectivity index (χ3v) is 4.18. The lowest BCUT2D eigenvalue weighted by atomic mass is 10.2. The highest BCUT2D eigenvalue weighted by atomic mass is 32.2. The van der Waals surface area contributed by atoms with E-state index in [0.717, 1.165) is 12.8 Å². The molecule has 1 heterocycles. The van der Waals surface area contributed by atoms with E-state index in [1.807, 2.05) is 13.8 Å². The molecule has 0 saturated carbocycles. The molecule has 1 N–H and O–H groups in total. The first-order chi connectivity index (χ1) is 7.80. The van der Waals surface area contributed by atoms with Crippen molar-refractivity contribution >= 4 is 15.7 Å². The number of rotatable bonds is 5. The molecule has 0 radical (unpaired) electrons. The zero-order valence-corrected chi connectivity index (χ0v) is 11.8. The first-order valence-electron chi connectivity index (χ1n) is 6.06. The van der Waals surface area contributed by atoms with Crippen LogP contribution in [0.5, 0.6) is 0 Å². The van der Waals surface area contributed by atoms with E-state index in [9.17, 15) is 13.2 Å². The minimum Gasteiger partial charge on any atom is -0.322 e. The Balaban J connectivity index is 2.83. The summed E-state index contributed by atoms with van der Waals surface area (Å²) in [5, 5.41) is 3.24. The lowest BCUT2D eigenvalue weighted by Gasteiger charge is -2.29. The number of nitrogens with one attached hydrogen (secondary N) is 1. The molecule has 0 bridgehead atoms. The maximum atomic E-state index is 12.1. The Kier molecular flexibility index (Phi) is 4.55. The molecule has 1 rings (SSSR count). The molecule has 100 valence electrons. The van der Waals surface area contributed by atoms with Gasteiger partial charge in [-0.25, -0.2) is 8.42 Å². The van der Waals surface area contributed by atoms with E-state index < -0.39 is 9.84 Å². The summed E-state index contributed by atoms with van der Waals surface area (Å²) in [5.41, 5.74) is 0. The number of sulfone groups is 1. The molecule has 3 atom stereocenters. The van der Waals surface area contributed by atoms with Gasteiger partial charge in [-0.2, -0.15) is 0 Å². The monoisotopic (exact) mass is 262 g/mol. The summed E-state index contributed by atoms with van der Waals surface area (Å²) in [6.07, 6.45) is 2.69. The van der Waals surface area contributed by atoms with Crippen molar-refractivity contribution in [3.8, 4) is 0 Å². The van der Waals surface area contributed by atoms with Crippen LogP contribution in [-0.2, 0) is 14.6 Å². The maximum absolute atomic E-state index is 12.1. The summed E-state index contributed by atoms with van der Waals surface area (Å²) >= 11 is 0. The smallest absolute Gasteiger partial charge is 0.241 e. The van der Waals surface area contributed by atoms with Crippen LogP contribution in [0.25, 0.3) is 0 Å². The minimum atomic E-state index is -3.06. The number of carbonyl (C=O) groups is 1.